The summed E-state index contributed by atoms with van der Waals surface area (Å²) in [6.07, 6.45) is 0. The summed E-state index contributed by atoms with van der Waals surface area (Å²) in [5.74, 6) is -0.495. The van der Waals surface area contributed by atoms with Gasteiger partial charge in [-0.05, 0) is 42.5 Å². The Balaban J connectivity index is 1.94. The van der Waals surface area contributed by atoms with Gasteiger partial charge < -0.3 is 15.0 Å². The number of likely N-dealkylation sites (N-methyl/N-ethyl adjacent to an activating group) is 1. The number of hydrogen-bond donors (Lipinski definition) is 1. The molecule has 0 heterocycles. The van der Waals surface area contributed by atoms with E-state index in [-0.39, 0.29) is 18.1 Å². The maximum absolute atomic E-state index is 13.1. The first-order chi connectivity index (χ1) is 11.0. The summed E-state index contributed by atoms with van der Waals surface area (Å²) >= 11 is 0. The lowest BCUT2D eigenvalue weighted by molar-refractivity contribution is -0.130. The SMILES string of the molecule is CN(C)C(=O)COc1ccc(NC(=O)c2cccc(F)c2)cc1. The number of nitrogens with one attached hydrogen (secondary N) is 1. The minimum atomic E-state index is -0.466. The zero-order valence-electron chi connectivity index (χ0n) is 12.9. The Morgan fingerprint density at radius 3 is 2.43 bits per heavy atom. The lowest BCUT2D eigenvalue weighted by Crippen LogP contribution is -2.27. The average Bonchev–Trinajstić information content (AvgIpc) is 2.53. The molecule has 5 nitrogen and oxygen atoms in total. The largest absolute Gasteiger partial charge is 0.484 e. The van der Waals surface area contributed by atoms with Crippen molar-refractivity contribution in [3.8, 4) is 5.75 Å². The standard InChI is InChI=1S/C17H17FN2O3/c1-20(2)16(21)11-23-15-8-6-14(7-9-15)19-17(22)12-4-3-5-13(18)10-12/h3-10H,11H2,1-2H3,(H,19,22). The van der Waals surface area contributed by atoms with Crippen LogP contribution in [0.1, 0.15) is 10.4 Å². The van der Waals surface area contributed by atoms with Crippen molar-refractivity contribution in [3.05, 3.63) is 59.9 Å². The summed E-state index contributed by atoms with van der Waals surface area (Å²) in [7, 11) is 3.30. The van der Waals surface area contributed by atoms with Crippen LogP contribution in [-0.4, -0.2) is 37.4 Å². The number of rotatable bonds is 5. The molecule has 0 radical (unpaired) electrons. The number of halogens is 1. The van der Waals surface area contributed by atoms with Crippen molar-refractivity contribution in [2.24, 2.45) is 0 Å². The number of nitrogens with zero attached hydrogens (tertiary/aromatic N) is 1. The third-order valence-electron chi connectivity index (χ3n) is 3.06. The minimum absolute atomic E-state index is 0.0536. The fraction of sp³-hybridized carbons (Fsp3) is 0.176. The average molecular weight is 316 g/mol. The fourth-order valence-corrected chi connectivity index (χ4v) is 1.74. The van der Waals surface area contributed by atoms with E-state index in [1.165, 1.54) is 29.2 Å². The van der Waals surface area contributed by atoms with Gasteiger partial charge in [0, 0.05) is 25.3 Å². The maximum atomic E-state index is 13.1. The number of carbonyl (C=O) groups is 2. The zero-order valence-corrected chi connectivity index (χ0v) is 12.9. The molecule has 0 atom stereocenters. The number of hydrogen-bond acceptors (Lipinski definition) is 3. The molecule has 0 aromatic heterocycles. The molecule has 2 aromatic carbocycles. The second kappa shape index (κ2) is 7.40. The van der Waals surface area contributed by atoms with E-state index in [1.54, 1.807) is 38.4 Å². The molecule has 0 aliphatic heterocycles. The van der Waals surface area contributed by atoms with E-state index in [0.29, 0.717) is 11.4 Å². The number of carbonyl (C=O) groups excluding carboxylic acids is 2. The van der Waals surface area contributed by atoms with Crippen molar-refractivity contribution in [1.29, 1.82) is 0 Å². The second-order valence-corrected chi connectivity index (χ2v) is 5.07. The van der Waals surface area contributed by atoms with Crippen LogP contribution < -0.4 is 10.1 Å². The molecule has 23 heavy (non-hydrogen) atoms. The predicted octanol–water partition coefficient (Wildman–Crippen LogP) is 2.55. The van der Waals surface area contributed by atoms with E-state index in [4.69, 9.17) is 4.74 Å². The van der Waals surface area contributed by atoms with E-state index in [0.717, 1.165) is 0 Å². The quantitative estimate of drug-likeness (QED) is 0.922. The molecule has 6 heteroatoms. The topological polar surface area (TPSA) is 58.6 Å². The lowest BCUT2D eigenvalue weighted by Gasteiger charge is -2.11. The maximum Gasteiger partial charge on any atom is 0.259 e. The third-order valence-corrected chi connectivity index (χ3v) is 3.06. The van der Waals surface area contributed by atoms with E-state index in [9.17, 15) is 14.0 Å². The van der Waals surface area contributed by atoms with Gasteiger partial charge in [-0.15, -0.1) is 0 Å². The Hall–Kier alpha value is -2.89. The third kappa shape index (κ3) is 4.81. The van der Waals surface area contributed by atoms with Gasteiger partial charge in [-0.1, -0.05) is 6.07 Å². The molecule has 0 bridgehead atoms. The molecule has 2 amide bonds. The van der Waals surface area contributed by atoms with Gasteiger partial charge in [-0.3, -0.25) is 9.59 Å². The van der Waals surface area contributed by atoms with Gasteiger partial charge in [0.1, 0.15) is 11.6 Å². The van der Waals surface area contributed by atoms with Gasteiger partial charge in [0.2, 0.25) is 0 Å². The summed E-state index contributed by atoms with van der Waals surface area (Å²) in [6.45, 7) is -0.0536. The van der Waals surface area contributed by atoms with Crippen molar-refractivity contribution < 1.29 is 18.7 Å². The van der Waals surface area contributed by atoms with Crippen LogP contribution in [0.4, 0.5) is 10.1 Å². The van der Waals surface area contributed by atoms with Crippen LogP contribution in [0.5, 0.6) is 5.75 Å². The first-order valence-electron chi connectivity index (χ1n) is 6.95. The number of benzene rings is 2. The molecule has 120 valence electrons. The number of ether oxygens (including phenoxy) is 1. The van der Waals surface area contributed by atoms with E-state index in [2.05, 4.69) is 5.32 Å². The molecular weight excluding hydrogens is 299 g/mol. The molecule has 0 fully saturated rings. The van der Waals surface area contributed by atoms with Crippen LogP contribution in [0.3, 0.4) is 0 Å². The van der Waals surface area contributed by atoms with E-state index >= 15 is 0 Å². The molecule has 1 N–H and O–H groups in total. The van der Waals surface area contributed by atoms with Crippen molar-refractivity contribution in [2.75, 3.05) is 26.0 Å². The summed E-state index contributed by atoms with van der Waals surface area (Å²) in [5.41, 5.74) is 0.785. The first-order valence-corrected chi connectivity index (χ1v) is 6.95. The van der Waals surface area contributed by atoms with Gasteiger partial charge >= 0.3 is 0 Å². The van der Waals surface area contributed by atoms with E-state index < -0.39 is 11.7 Å². The number of amides is 2. The minimum Gasteiger partial charge on any atom is -0.484 e. The Morgan fingerprint density at radius 2 is 1.83 bits per heavy atom. The predicted molar refractivity (Wildman–Crippen MR) is 85.0 cm³/mol. The Labute approximate surface area is 133 Å². The second-order valence-electron chi connectivity index (χ2n) is 5.07. The van der Waals surface area contributed by atoms with Crippen LogP contribution >= 0.6 is 0 Å². The summed E-state index contributed by atoms with van der Waals surface area (Å²) in [6, 6.07) is 12.0. The lowest BCUT2D eigenvalue weighted by atomic mass is 10.2. The van der Waals surface area contributed by atoms with Gasteiger partial charge in [0.25, 0.3) is 11.8 Å². The molecule has 2 rings (SSSR count). The van der Waals surface area contributed by atoms with Crippen LogP contribution in [0.2, 0.25) is 0 Å². The number of anilines is 1. The summed E-state index contributed by atoms with van der Waals surface area (Å²) in [5, 5.41) is 2.66. The van der Waals surface area contributed by atoms with Crippen molar-refractivity contribution >= 4 is 17.5 Å². The highest BCUT2D eigenvalue weighted by atomic mass is 19.1. The highest BCUT2D eigenvalue weighted by Crippen LogP contribution is 2.16. The van der Waals surface area contributed by atoms with Crippen LogP contribution in [-0.2, 0) is 4.79 Å². The van der Waals surface area contributed by atoms with Crippen molar-refractivity contribution in [2.45, 2.75) is 0 Å². The molecule has 2 aromatic rings. The molecule has 0 saturated heterocycles. The van der Waals surface area contributed by atoms with Gasteiger partial charge in [0.15, 0.2) is 6.61 Å². The zero-order chi connectivity index (χ0) is 16.8. The highest BCUT2D eigenvalue weighted by Gasteiger charge is 2.08. The van der Waals surface area contributed by atoms with Crippen molar-refractivity contribution in [1.82, 2.24) is 4.90 Å². The van der Waals surface area contributed by atoms with Crippen molar-refractivity contribution in [3.63, 3.8) is 0 Å². The van der Waals surface area contributed by atoms with Crippen LogP contribution in [0.15, 0.2) is 48.5 Å². The van der Waals surface area contributed by atoms with E-state index in [1.807, 2.05) is 0 Å². The molecule has 0 unspecified atom stereocenters. The molecule has 0 aliphatic carbocycles. The van der Waals surface area contributed by atoms with Crippen LogP contribution in [0, 0.1) is 5.82 Å². The van der Waals surface area contributed by atoms with Gasteiger partial charge in [-0.2, -0.15) is 0 Å². The molecule has 0 saturated carbocycles. The Kier molecular flexibility index (Phi) is 5.30. The first kappa shape index (κ1) is 16.5. The smallest absolute Gasteiger partial charge is 0.259 e. The highest BCUT2D eigenvalue weighted by molar-refractivity contribution is 6.04. The Morgan fingerprint density at radius 1 is 1.13 bits per heavy atom. The molecule has 0 aliphatic rings. The monoisotopic (exact) mass is 316 g/mol. The summed E-state index contributed by atoms with van der Waals surface area (Å²) in [4.78, 5) is 24.8. The van der Waals surface area contributed by atoms with Crippen LogP contribution in [0.25, 0.3) is 0 Å². The summed E-state index contributed by atoms with van der Waals surface area (Å²) < 4.78 is 18.4. The normalized spacial score (nSPS) is 10.0. The Bertz CT molecular complexity index is 699. The van der Waals surface area contributed by atoms with Gasteiger partial charge in [0.05, 0.1) is 0 Å². The molecular formula is C17H17FN2O3. The fourth-order valence-electron chi connectivity index (χ4n) is 1.74. The molecule has 0 spiro atoms. The van der Waals surface area contributed by atoms with Gasteiger partial charge in [-0.25, -0.2) is 4.39 Å².